The zero-order valence-corrected chi connectivity index (χ0v) is 29.5. The van der Waals surface area contributed by atoms with Gasteiger partial charge in [-0.3, -0.25) is 0 Å². The summed E-state index contributed by atoms with van der Waals surface area (Å²) in [5.74, 6) is 0. The van der Waals surface area contributed by atoms with E-state index in [1.54, 1.807) is 0 Å². The van der Waals surface area contributed by atoms with Crippen LogP contribution in [0.25, 0.3) is 85.9 Å². The molecule has 248 valence electrons. The normalized spacial score (nSPS) is 11.8. The molecule has 0 fully saturated rings. The van der Waals surface area contributed by atoms with Crippen LogP contribution >= 0.6 is 11.3 Å². The number of para-hydroxylation sites is 1. The van der Waals surface area contributed by atoms with E-state index in [1.807, 2.05) is 11.3 Å². The second-order valence-electron chi connectivity index (χ2n) is 13.7. The van der Waals surface area contributed by atoms with E-state index in [1.165, 1.54) is 53.0 Å². The van der Waals surface area contributed by atoms with Crippen molar-refractivity contribution < 1.29 is 4.42 Å². The summed E-state index contributed by atoms with van der Waals surface area (Å²) in [6.07, 6.45) is 0. The summed E-state index contributed by atoms with van der Waals surface area (Å²) in [6.45, 7) is 0. The van der Waals surface area contributed by atoms with E-state index in [0.717, 1.165) is 50.0 Å². The summed E-state index contributed by atoms with van der Waals surface area (Å²) in [5.41, 5.74) is 9.80. The fourth-order valence-corrected chi connectivity index (χ4v) is 9.29. The molecule has 2 heterocycles. The highest BCUT2D eigenvalue weighted by atomic mass is 32.1. The minimum atomic E-state index is 0.870. The van der Waals surface area contributed by atoms with Crippen LogP contribution in [0.15, 0.2) is 192 Å². The lowest BCUT2D eigenvalue weighted by Crippen LogP contribution is -2.11. The maximum absolute atomic E-state index is 6.72. The smallest absolute Gasteiger partial charge is 0.143 e. The summed E-state index contributed by atoms with van der Waals surface area (Å²) in [5, 5.41) is 9.58. The maximum Gasteiger partial charge on any atom is 0.143 e. The van der Waals surface area contributed by atoms with Gasteiger partial charge in [-0.25, -0.2) is 0 Å². The van der Waals surface area contributed by atoms with Crippen molar-refractivity contribution in [1.29, 1.82) is 0 Å². The van der Waals surface area contributed by atoms with Gasteiger partial charge in [0.25, 0.3) is 0 Å². The van der Waals surface area contributed by atoms with Crippen LogP contribution in [-0.2, 0) is 0 Å². The summed E-state index contributed by atoms with van der Waals surface area (Å²) < 4.78 is 9.33. The van der Waals surface area contributed by atoms with Gasteiger partial charge in [-0.2, -0.15) is 0 Å². The van der Waals surface area contributed by atoms with Gasteiger partial charge >= 0.3 is 0 Å². The Morgan fingerprint density at radius 2 is 1.04 bits per heavy atom. The standard InChI is InChI=1S/C50H31NOS/c1-3-14-37-32(11-1)13-9-18-38(37)34-23-27-36(28-24-34)51(45-20-10-21-46-49(45)42-29-25-33-12-2-4-16-40(33)50(42)52-46)44-19-7-5-15-39(44)35-26-30-48-43(31-35)41-17-6-8-22-47(41)53-48/h1-31H. The third kappa shape index (κ3) is 4.78. The van der Waals surface area contributed by atoms with Crippen molar-refractivity contribution in [1.82, 2.24) is 0 Å². The second-order valence-corrected chi connectivity index (χ2v) is 14.7. The predicted octanol–water partition coefficient (Wildman–Crippen LogP) is 15.1. The minimum absolute atomic E-state index is 0.870. The number of rotatable bonds is 5. The summed E-state index contributed by atoms with van der Waals surface area (Å²) in [4.78, 5) is 2.42. The highest BCUT2D eigenvalue weighted by Crippen LogP contribution is 2.48. The lowest BCUT2D eigenvalue weighted by Gasteiger charge is -2.28. The van der Waals surface area contributed by atoms with Crippen molar-refractivity contribution >= 4 is 92.1 Å². The van der Waals surface area contributed by atoms with Gasteiger partial charge in [-0.15, -0.1) is 11.3 Å². The molecule has 0 N–H and O–H groups in total. The van der Waals surface area contributed by atoms with Crippen LogP contribution in [0.1, 0.15) is 0 Å². The molecule has 11 aromatic rings. The first-order chi connectivity index (χ1) is 26.3. The Bertz CT molecular complexity index is 3180. The van der Waals surface area contributed by atoms with Crippen molar-refractivity contribution in [3.8, 4) is 22.3 Å². The average Bonchev–Trinajstić information content (AvgIpc) is 3.80. The molecule has 0 saturated carbocycles. The largest absolute Gasteiger partial charge is 0.455 e. The predicted molar refractivity (Wildman–Crippen MR) is 227 cm³/mol. The first kappa shape index (κ1) is 30.0. The third-order valence-corrected chi connectivity index (χ3v) is 11.8. The zero-order chi connectivity index (χ0) is 34.9. The van der Waals surface area contributed by atoms with Crippen molar-refractivity contribution in [3.05, 3.63) is 188 Å². The molecule has 0 spiro atoms. The molecule has 0 atom stereocenters. The molecule has 2 aromatic heterocycles. The molecule has 0 aliphatic rings. The molecule has 2 nitrogen and oxygen atoms in total. The highest BCUT2D eigenvalue weighted by Gasteiger charge is 2.23. The molecule has 9 aromatic carbocycles. The first-order valence-electron chi connectivity index (χ1n) is 18.0. The second kappa shape index (κ2) is 11.9. The molecular weight excluding hydrogens is 663 g/mol. The monoisotopic (exact) mass is 693 g/mol. The molecule has 0 amide bonds. The zero-order valence-electron chi connectivity index (χ0n) is 28.7. The Kier molecular flexibility index (Phi) is 6.76. The van der Waals surface area contributed by atoms with Crippen LogP contribution in [0, 0.1) is 0 Å². The van der Waals surface area contributed by atoms with Gasteiger partial charge in [-0.1, -0.05) is 133 Å². The quantitative estimate of drug-likeness (QED) is 0.178. The topological polar surface area (TPSA) is 16.4 Å². The van der Waals surface area contributed by atoms with E-state index in [9.17, 15) is 0 Å². The van der Waals surface area contributed by atoms with Crippen molar-refractivity contribution in [2.75, 3.05) is 4.90 Å². The van der Waals surface area contributed by atoms with Gasteiger partial charge in [0.15, 0.2) is 0 Å². The molecule has 0 bridgehead atoms. The van der Waals surface area contributed by atoms with E-state index >= 15 is 0 Å². The van der Waals surface area contributed by atoms with E-state index in [-0.39, 0.29) is 0 Å². The number of hydrogen-bond acceptors (Lipinski definition) is 3. The summed E-state index contributed by atoms with van der Waals surface area (Å²) >= 11 is 1.85. The van der Waals surface area contributed by atoms with Crippen molar-refractivity contribution in [2.24, 2.45) is 0 Å². The van der Waals surface area contributed by atoms with Gasteiger partial charge in [0.1, 0.15) is 11.2 Å². The fraction of sp³-hybridized carbons (Fsp3) is 0. The molecule has 0 aliphatic carbocycles. The number of fused-ring (bicyclic) bond motifs is 9. The van der Waals surface area contributed by atoms with Crippen molar-refractivity contribution in [3.63, 3.8) is 0 Å². The SMILES string of the molecule is c1ccc(N(c2ccc(-c3cccc4ccccc34)cc2)c2cccc3oc4c5ccccc5ccc4c23)c(-c2ccc3sc4ccccc4c3c2)c1. The van der Waals surface area contributed by atoms with Gasteiger partial charge in [0.05, 0.1) is 16.8 Å². The summed E-state index contributed by atoms with van der Waals surface area (Å²) in [6, 6.07) is 68.0. The lowest BCUT2D eigenvalue weighted by atomic mass is 9.97. The van der Waals surface area contributed by atoms with Crippen LogP contribution in [0.5, 0.6) is 0 Å². The van der Waals surface area contributed by atoms with Gasteiger partial charge < -0.3 is 9.32 Å². The lowest BCUT2D eigenvalue weighted by molar-refractivity contribution is 0.672. The van der Waals surface area contributed by atoms with E-state index < -0.39 is 0 Å². The molecule has 0 radical (unpaired) electrons. The number of anilines is 3. The van der Waals surface area contributed by atoms with Crippen LogP contribution in [0.4, 0.5) is 17.1 Å². The maximum atomic E-state index is 6.72. The fourth-order valence-electron chi connectivity index (χ4n) is 8.20. The van der Waals surface area contributed by atoms with Crippen LogP contribution < -0.4 is 4.90 Å². The van der Waals surface area contributed by atoms with Gasteiger partial charge in [0.2, 0.25) is 0 Å². The van der Waals surface area contributed by atoms with Gasteiger partial charge in [-0.05, 0) is 87.4 Å². The molecule has 0 unspecified atom stereocenters. The van der Waals surface area contributed by atoms with Crippen LogP contribution in [-0.4, -0.2) is 0 Å². The number of thiophene rings is 1. The Morgan fingerprint density at radius 1 is 0.396 bits per heavy atom. The summed E-state index contributed by atoms with van der Waals surface area (Å²) in [7, 11) is 0. The molecule has 53 heavy (non-hydrogen) atoms. The average molecular weight is 694 g/mol. The van der Waals surface area contributed by atoms with E-state index in [2.05, 4.69) is 193 Å². The molecule has 3 heteroatoms. The highest BCUT2D eigenvalue weighted by molar-refractivity contribution is 7.25. The number of nitrogens with zero attached hydrogens (tertiary/aromatic N) is 1. The molecule has 11 rings (SSSR count). The Balaban J connectivity index is 1.15. The van der Waals surface area contributed by atoms with Gasteiger partial charge in [0, 0.05) is 42.2 Å². The third-order valence-electron chi connectivity index (χ3n) is 10.7. The number of hydrogen-bond donors (Lipinski definition) is 0. The molecular formula is C50H31NOS. The van der Waals surface area contributed by atoms with Crippen LogP contribution in [0.2, 0.25) is 0 Å². The molecule has 0 aliphatic heterocycles. The number of benzene rings is 9. The first-order valence-corrected chi connectivity index (χ1v) is 18.8. The van der Waals surface area contributed by atoms with Crippen molar-refractivity contribution in [2.45, 2.75) is 0 Å². The Morgan fingerprint density at radius 3 is 1.92 bits per heavy atom. The van der Waals surface area contributed by atoms with E-state index in [4.69, 9.17) is 4.42 Å². The Labute approximate surface area is 310 Å². The molecule has 0 saturated heterocycles. The van der Waals surface area contributed by atoms with E-state index in [0.29, 0.717) is 0 Å². The Hall–Kier alpha value is -6.68. The van der Waals surface area contributed by atoms with Crippen LogP contribution in [0.3, 0.4) is 0 Å². The number of furan rings is 1. The minimum Gasteiger partial charge on any atom is -0.455 e.